The van der Waals surface area contributed by atoms with Crippen molar-refractivity contribution in [1.82, 2.24) is 0 Å². The summed E-state index contributed by atoms with van der Waals surface area (Å²) in [6, 6.07) is 1.96. The zero-order chi connectivity index (χ0) is 13.0. The van der Waals surface area contributed by atoms with Crippen LogP contribution in [-0.2, 0) is 9.53 Å². The molecule has 18 heavy (non-hydrogen) atoms. The SMILES string of the molecule is COC(=O)C[C@H](N)c1cc(F)ccc1[N+](=O)[O-].Cl. The van der Waals surface area contributed by atoms with Crippen molar-refractivity contribution in [1.29, 1.82) is 0 Å². The van der Waals surface area contributed by atoms with Gasteiger partial charge in [0.05, 0.1) is 18.5 Å². The molecule has 0 radical (unpaired) electrons. The van der Waals surface area contributed by atoms with Crippen LogP contribution in [0, 0.1) is 15.9 Å². The van der Waals surface area contributed by atoms with E-state index in [2.05, 4.69) is 4.74 Å². The first-order valence-corrected chi connectivity index (χ1v) is 4.72. The van der Waals surface area contributed by atoms with Crippen LogP contribution in [0.4, 0.5) is 10.1 Å². The Morgan fingerprint density at radius 3 is 2.72 bits per heavy atom. The van der Waals surface area contributed by atoms with Gasteiger partial charge in [-0.2, -0.15) is 0 Å². The van der Waals surface area contributed by atoms with Crippen LogP contribution in [0.15, 0.2) is 18.2 Å². The number of nitrogens with two attached hydrogens (primary N) is 1. The van der Waals surface area contributed by atoms with E-state index >= 15 is 0 Å². The van der Waals surface area contributed by atoms with Gasteiger partial charge >= 0.3 is 5.97 Å². The molecule has 100 valence electrons. The molecule has 0 heterocycles. The van der Waals surface area contributed by atoms with Gasteiger partial charge in [-0.25, -0.2) is 4.39 Å². The maximum Gasteiger partial charge on any atom is 0.307 e. The minimum atomic E-state index is -0.974. The second-order valence-corrected chi connectivity index (χ2v) is 3.35. The summed E-state index contributed by atoms with van der Waals surface area (Å²) in [5.74, 6) is -1.26. The van der Waals surface area contributed by atoms with Gasteiger partial charge < -0.3 is 10.5 Å². The van der Waals surface area contributed by atoms with Crippen molar-refractivity contribution in [3.8, 4) is 0 Å². The molecule has 0 amide bonds. The molecule has 0 saturated heterocycles. The highest BCUT2D eigenvalue weighted by molar-refractivity contribution is 5.85. The summed E-state index contributed by atoms with van der Waals surface area (Å²) in [4.78, 5) is 21.0. The van der Waals surface area contributed by atoms with Crippen LogP contribution in [-0.4, -0.2) is 18.0 Å². The quantitative estimate of drug-likeness (QED) is 0.514. The summed E-state index contributed by atoms with van der Waals surface area (Å²) in [6.07, 6.45) is -0.249. The van der Waals surface area contributed by atoms with Crippen molar-refractivity contribution in [3.63, 3.8) is 0 Å². The van der Waals surface area contributed by atoms with Crippen LogP contribution < -0.4 is 5.73 Å². The molecule has 0 saturated carbocycles. The summed E-state index contributed by atoms with van der Waals surface area (Å²) in [6.45, 7) is 0. The number of carbonyl (C=O) groups is 1. The number of carbonyl (C=O) groups excluding carboxylic acids is 1. The molecule has 0 unspecified atom stereocenters. The predicted molar refractivity (Wildman–Crippen MR) is 63.9 cm³/mol. The highest BCUT2D eigenvalue weighted by atomic mass is 35.5. The van der Waals surface area contributed by atoms with Gasteiger partial charge in [0.2, 0.25) is 0 Å². The fourth-order valence-electron chi connectivity index (χ4n) is 1.36. The van der Waals surface area contributed by atoms with Gasteiger partial charge in [0, 0.05) is 17.7 Å². The Balaban J connectivity index is 0.00000289. The molecule has 0 spiro atoms. The number of nitrogens with zero attached hydrogens (tertiary/aromatic N) is 1. The van der Waals surface area contributed by atoms with Crippen LogP contribution in [0.1, 0.15) is 18.0 Å². The molecule has 8 heteroatoms. The minimum Gasteiger partial charge on any atom is -0.469 e. The van der Waals surface area contributed by atoms with Gasteiger partial charge in [-0.1, -0.05) is 0 Å². The molecule has 0 aliphatic rings. The average molecular weight is 279 g/mol. The molecule has 1 rings (SSSR count). The Morgan fingerprint density at radius 2 is 2.22 bits per heavy atom. The third kappa shape index (κ3) is 3.94. The standard InChI is InChI=1S/C10H11FN2O4.ClH/c1-17-10(14)5-8(12)7-4-6(11)2-3-9(7)13(15)16;/h2-4,8H,5,12H2,1H3;1H/t8-;/m0./s1. The number of ether oxygens (including phenoxy) is 1. The summed E-state index contributed by atoms with van der Waals surface area (Å²) in [7, 11) is 1.18. The van der Waals surface area contributed by atoms with Gasteiger partial charge in [-0.15, -0.1) is 12.4 Å². The van der Waals surface area contributed by atoms with Crippen molar-refractivity contribution in [2.45, 2.75) is 12.5 Å². The molecule has 1 aromatic rings. The molecule has 1 aromatic carbocycles. The monoisotopic (exact) mass is 278 g/mol. The summed E-state index contributed by atoms with van der Waals surface area (Å²) in [5.41, 5.74) is 5.26. The van der Waals surface area contributed by atoms with E-state index in [1.807, 2.05) is 0 Å². The Hall–Kier alpha value is -1.73. The highest BCUT2D eigenvalue weighted by Crippen LogP contribution is 2.26. The van der Waals surface area contributed by atoms with E-state index in [-0.39, 0.29) is 30.1 Å². The van der Waals surface area contributed by atoms with Crippen molar-refractivity contribution in [2.75, 3.05) is 7.11 Å². The Labute approximate surface area is 108 Å². The number of rotatable bonds is 4. The Kier molecular flexibility index (Phi) is 6.21. The fourth-order valence-corrected chi connectivity index (χ4v) is 1.36. The van der Waals surface area contributed by atoms with Crippen molar-refractivity contribution in [2.24, 2.45) is 5.73 Å². The number of hydrogen-bond donors (Lipinski definition) is 1. The van der Waals surface area contributed by atoms with E-state index in [0.29, 0.717) is 0 Å². The van der Waals surface area contributed by atoms with E-state index in [9.17, 15) is 19.3 Å². The average Bonchev–Trinajstić information content (AvgIpc) is 2.28. The fraction of sp³-hybridized carbons (Fsp3) is 0.300. The Bertz CT molecular complexity index is 456. The van der Waals surface area contributed by atoms with Gasteiger partial charge in [0.15, 0.2) is 0 Å². The zero-order valence-corrected chi connectivity index (χ0v) is 10.3. The number of nitro groups is 1. The molecular formula is C10H12ClFN2O4. The third-order valence-electron chi connectivity index (χ3n) is 2.20. The summed E-state index contributed by atoms with van der Waals surface area (Å²) in [5, 5.41) is 10.7. The zero-order valence-electron chi connectivity index (χ0n) is 9.46. The van der Waals surface area contributed by atoms with Crippen molar-refractivity contribution >= 4 is 24.1 Å². The van der Waals surface area contributed by atoms with E-state index in [1.165, 1.54) is 7.11 Å². The van der Waals surface area contributed by atoms with Crippen molar-refractivity contribution < 1.29 is 18.8 Å². The second kappa shape index (κ2) is 6.87. The first-order chi connectivity index (χ1) is 7.95. The van der Waals surface area contributed by atoms with Gasteiger partial charge in [-0.3, -0.25) is 14.9 Å². The van der Waals surface area contributed by atoms with E-state index in [0.717, 1.165) is 18.2 Å². The van der Waals surface area contributed by atoms with Crippen molar-refractivity contribution in [3.05, 3.63) is 39.7 Å². The number of methoxy groups -OCH3 is 1. The molecular weight excluding hydrogens is 267 g/mol. The molecule has 0 aliphatic heterocycles. The van der Waals surface area contributed by atoms with Crippen LogP contribution in [0.3, 0.4) is 0 Å². The topological polar surface area (TPSA) is 95.5 Å². The normalized spacial score (nSPS) is 11.3. The third-order valence-corrected chi connectivity index (χ3v) is 2.20. The van der Waals surface area contributed by atoms with Gasteiger partial charge in [-0.05, 0) is 12.1 Å². The molecule has 0 bridgehead atoms. The van der Waals surface area contributed by atoms with Crippen LogP contribution in [0.2, 0.25) is 0 Å². The molecule has 0 aliphatic carbocycles. The molecule has 2 N–H and O–H groups in total. The first-order valence-electron chi connectivity index (χ1n) is 4.72. The lowest BCUT2D eigenvalue weighted by molar-refractivity contribution is -0.385. The number of halogens is 2. The molecule has 0 aromatic heterocycles. The van der Waals surface area contributed by atoms with E-state index in [4.69, 9.17) is 5.73 Å². The van der Waals surface area contributed by atoms with E-state index < -0.39 is 22.8 Å². The first kappa shape index (κ1) is 16.3. The van der Waals surface area contributed by atoms with Crippen LogP contribution in [0.5, 0.6) is 0 Å². The van der Waals surface area contributed by atoms with Gasteiger partial charge in [0.1, 0.15) is 5.82 Å². The second-order valence-electron chi connectivity index (χ2n) is 3.35. The largest absolute Gasteiger partial charge is 0.469 e. The Morgan fingerprint density at radius 1 is 1.61 bits per heavy atom. The predicted octanol–water partition coefficient (Wildman–Crippen LogP) is 1.72. The number of benzene rings is 1. The lowest BCUT2D eigenvalue weighted by atomic mass is 10.0. The van der Waals surface area contributed by atoms with Gasteiger partial charge in [0.25, 0.3) is 5.69 Å². The van der Waals surface area contributed by atoms with E-state index in [1.54, 1.807) is 0 Å². The maximum atomic E-state index is 13.0. The smallest absolute Gasteiger partial charge is 0.307 e. The molecule has 6 nitrogen and oxygen atoms in total. The number of nitro benzene ring substituents is 1. The highest BCUT2D eigenvalue weighted by Gasteiger charge is 2.22. The maximum absolute atomic E-state index is 13.0. The summed E-state index contributed by atoms with van der Waals surface area (Å²) >= 11 is 0. The number of esters is 1. The summed E-state index contributed by atoms with van der Waals surface area (Å²) < 4.78 is 17.4. The van der Waals surface area contributed by atoms with Crippen LogP contribution in [0.25, 0.3) is 0 Å². The number of hydrogen-bond acceptors (Lipinski definition) is 5. The lowest BCUT2D eigenvalue weighted by Crippen LogP contribution is -2.17. The van der Waals surface area contributed by atoms with Crippen LogP contribution >= 0.6 is 12.4 Å². The molecule has 1 atom stereocenters. The lowest BCUT2D eigenvalue weighted by Gasteiger charge is -2.10. The molecule has 0 fully saturated rings. The minimum absolute atomic E-state index is 0.